The maximum Gasteiger partial charge on any atom is 0.226 e. The normalized spacial score (nSPS) is 11.8. The van der Waals surface area contributed by atoms with Crippen LogP contribution in [0.1, 0.15) is 12.0 Å². The Kier molecular flexibility index (Phi) is 6.96. The summed E-state index contributed by atoms with van der Waals surface area (Å²) in [5, 5.41) is 10.4. The molecule has 4 aromatic carbocycles. The van der Waals surface area contributed by atoms with E-state index in [0.29, 0.717) is 40.2 Å². The van der Waals surface area contributed by atoms with Gasteiger partial charge in [-0.15, -0.1) is 0 Å². The zero-order valence-corrected chi connectivity index (χ0v) is 21.4. The van der Waals surface area contributed by atoms with Crippen molar-refractivity contribution in [1.29, 1.82) is 0 Å². The molecule has 0 amide bonds. The van der Waals surface area contributed by atoms with Crippen LogP contribution in [0, 0.1) is 0 Å². The predicted molar refractivity (Wildman–Crippen MR) is 144 cm³/mol. The predicted octanol–water partition coefficient (Wildman–Crippen LogP) is 5.71. The van der Waals surface area contributed by atoms with Crippen LogP contribution < -0.4 is 10.1 Å². The van der Waals surface area contributed by atoms with E-state index in [4.69, 9.17) is 16.3 Å². The molecule has 1 aromatic heterocycles. The summed E-state index contributed by atoms with van der Waals surface area (Å²) in [6, 6.07) is 25.7. The minimum atomic E-state index is -3.94. The first kappa shape index (κ1) is 24.3. The Balaban J connectivity index is 1.68. The third kappa shape index (κ3) is 4.69. The Labute approximate surface area is 215 Å². The Morgan fingerprint density at radius 3 is 2.53 bits per heavy atom. The molecular weight excluding hydrogens is 494 g/mol. The number of nitrogens with one attached hydrogen (secondary N) is 1. The van der Waals surface area contributed by atoms with Gasteiger partial charge >= 0.3 is 0 Å². The first-order chi connectivity index (χ1) is 17.5. The fourth-order valence-corrected chi connectivity index (χ4v) is 6.19. The van der Waals surface area contributed by atoms with Crippen LogP contribution in [0.25, 0.3) is 21.7 Å². The van der Waals surface area contributed by atoms with Gasteiger partial charge in [0, 0.05) is 15.8 Å². The quantitative estimate of drug-likeness (QED) is 0.252. The third-order valence-electron chi connectivity index (χ3n) is 6.04. The van der Waals surface area contributed by atoms with E-state index in [9.17, 15) is 8.42 Å². The van der Waals surface area contributed by atoms with Crippen molar-refractivity contribution in [2.24, 2.45) is 0 Å². The molecule has 1 N–H and O–H groups in total. The van der Waals surface area contributed by atoms with Crippen molar-refractivity contribution in [3.63, 3.8) is 0 Å². The SMILES string of the molecule is CNCCCOc1cccc2c(S(=O)(=O)c3cccc4ccccc34)nn(Cc3cccc(Cl)c3)c12. The molecule has 0 aliphatic heterocycles. The molecule has 0 atom stereocenters. The van der Waals surface area contributed by atoms with Crippen molar-refractivity contribution in [3.8, 4) is 5.75 Å². The molecule has 0 saturated carbocycles. The largest absolute Gasteiger partial charge is 0.491 e. The van der Waals surface area contributed by atoms with E-state index in [1.54, 1.807) is 28.9 Å². The highest BCUT2D eigenvalue weighted by Crippen LogP contribution is 2.35. The summed E-state index contributed by atoms with van der Waals surface area (Å²) in [6.07, 6.45) is 0.816. The molecule has 0 radical (unpaired) electrons. The first-order valence-corrected chi connectivity index (χ1v) is 13.6. The lowest BCUT2D eigenvalue weighted by molar-refractivity contribution is 0.312. The molecule has 5 rings (SSSR count). The van der Waals surface area contributed by atoms with Crippen LogP contribution in [0.3, 0.4) is 0 Å². The van der Waals surface area contributed by atoms with Crippen molar-refractivity contribution < 1.29 is 13.2 Å². The molecule has 0 spiro atoms. The average molecular weight is 520 g/mol. The van der Waals surface area contributed by atoms with Gasteiger partial charge in [0.15, 0.2) is 5.03 Å². The zero-order chi connectivity index (χ0) is 25.1. The van der Waals surface area contributed by atoms with E-state index in [-0.39, 0.29) is 9.92 Å². The van der Waals surface area contributed by atoms with E-state index in [1.807, 2.05) is 67.7 Å². The van der Waals surface area contributed by atoms with Gasteiger partial charge in [0.1, 0.15) is 11.3 Å². The summed E-state index contributed by atoms with van der Waals surface area (Å²) in [5.74, 6) is 0.595. The van der Waals surface area contributed by atoms with Crippen LogP contribution in [0.4, 0.5) is 0 Å². The number of sulfone groups is 1. The van der Waals surface area contributed by atoms with Crippen molar-refractivity contribution in [3.05, 3.63) is 95.5 Å². The summed E-state index contributed by atoms with van der Waals surface area (Å²) in [6.45, 7) is 1.66. The van der Waals surface area contributed by atoms with Crippen LogP contribution in [0.5, 0.6) is 5.75 Å². The Morgan fingerprint density at radius 1 is 0.944 bits per heavy atom. The molecule has 1 heterocycles. The van der Waals surface area contributed by atoms with Gasteiger partial charge in [-0.1, -0.05) is 66.2 Å². The van der Waals surface area contributed by atoms with Gasteiger partial charge < -0.3 is 10.1 Å². The van der Waals surface area contributed by atoms with Crippen LogP contribution in [-0.2, 0) is 16.4 Å². The highest BCUT2D eigenvalue weighted by molar-refractivity contribution is 7.91. The fourth-order valence-electron chi connectivity index (χ4n) is 4.38. The maximum absolute atomic E-state index is 14.0. The van der Waals surface area contributed by atoms with Gasteiger partial charge in [-0.05, 0) is 61.3 Å². The molecule has 0 fully saturated rings. The van der Waals surface area contributed by atoms with Gasteiger partial charge in [-0.2, -0.15) is 5.10 Å². The van der Waals surface area contributed by atoms with Crippen LogP contribution in [0.15, 0.2) is 94.9 Å². The highest BCUT2D eigenvalue weighted by Gasteiger charge is 2.28. The molecule has 8 heteroatoms. The van der Waals surface area contributed by atoms with Crippen LogP contribution in [-0.4, -0.2) is 38.4 Å². The molecule has 0 bridgehead atoms. The fraction of sp³-hybridized carbons (Fsp3) is 0.179. The van der Waals surface area contributed by atoms with Crippen molar-refractivity contribution >= 4 is 43.1 Å². The molecule has 5 aromatic rings. The number of fused-ring (bicyclic) bond motifs is 2. The summed E-state index contributed by atoms with van der Waals surface area (Å²) in [7, 11) is -2.05. The molecular formula is C28H26ClN3O3S. The van der Waals surface area contributed by atoms with E-state index in [2.05, 4.69) is 10.4 Å². The number of aromatic nitrogens is 2. The monoisotopic (exact) mass is 519 g/mol. The lowest BCUT2D eigenvalue weighted by Crippen LogP contribution is -2.12. The summed E-state index contributed by atoms with van der Waals surface area (Å²) < 4.78 is 35.9. The van der Waals surface area contributed by atoms with Gasteiger partial charge in [-0.3, -0.25) is 4.68 Å². The Hall–Kier alpha value is -3.39. The number of hydrogen-bond acceptors (Lipinski definition) is 5. The van der Waals surface area contributed by atoms with E-state index in [1.165, 1.54) is 0 Å². The summed E-state index contributed by atoms with van der Waals surface area (Å²) >= 11 is 6.22. The molecule has 0 aliphatic rings. The zero-order valence-electron chi connectivity index (χ0n) is 19.8. The van der Waals surface area contributed by atoms with Gasteiger partial charge in [0.25, 0.3) is 0 Å². The van der Waals surface area contributed by atoms with Crippen molar-refractivity contribution in [2.45, 2.75) is 22.9 Å². The second kappa shape index (κ2) is 10.3. The number of nitrogens with zero attached hydrogens (tertiary/aromatic N) is 2. The van der Waals surface area contributed by atoms with Crippen molar-refractivity contribution in [1.82, 2.24) is 15.1 Å². The maximum atomic E-state index is 14.0. The number of rotatable bonds is 9. The average Bonchev–Trinajstić information content (AvgIpc) is 3.26. The number of ether oxygens (including phenoxy) is 1. The molecule has 0 aliphatic carbocycles. The summed E-state index contributed by atoms with van der Waals surface area (Å²) in [5.41, 5.74) is 1.55. The summed E-state index contributed by atoms with van der Waals surface area (Å²) in [4.78, 5) is 0.232. The molecule has 36 heavy (non-hydrogen) atoms. The van der Waals surface area contributed by atoms with Crippen molar-refractivity contribution in [2.75, 3.05) is 20.2 Å². The minimum Gasteiger partial charge on any atom is -0.491 e. The molecule has 6 nitrogen and oxygen atoms in total. The van der Waals surface area contributed by atoms with E-state index < -0.39 is 9.84 Å². The van der Waals surface area contributed by atoms with Gasteiger partial charge in [-0.25, -0.2) is 8.42 Å². The number of benzene rings is 4. The highest BCUT2D eigenvalue weighted by atomic mass is 35.5. The van der Waals surface area contributed by atoms with Gasteiger partial charge in [0.05, 0.1) is 18.0 Å². The number of hydrogen-bond donors (Lipinski definition) is 1. The smallest absolute Gasteiger partial charge is 0.226 e. The molecule has 0 saturated heterocycles. The first-order valence-electron chi connectivity index (χ1n) is 11.7. The lowest BCUT2D eigenvalue weighted by Gasteiger charge is -2.10. The Morgan fingerprint density at radius 2 is 1.69 bits per heavy atom. The van der Waals surface area contributed by atoms with Crippen LogP contribution >= 0.6 is 11.6 Å². The van der Waals surface area contributed by atoms with E-state index in [0.717, 1.165) is 23.9 Å². The Bertz CT molecular complexity index is 1640. The molecule has 184 valence electrons. The molecule has 0 unspecified atom stereocenters. The topological polar surface area (TPSA) is 73.2 Å². The number of para-hydroxylation sites is 1. The minimum absolute atomic E-state index is 0.0107. The van der Waals surface area contributed by atoms with Gasteiger partial charge in [0.2, 0.25) is 9.84 Å². The number of halogens is 1. The van der Waals surface area contributed by atoms with E-state index >= 15 is 0 Å². The second-order valence-electron chi connectivity index (χ2n) is 8.53. The third-order valence-corrected chi connectivity index (χ3v) is 8.02. The lowest BCUT2D eigenvalue weighted by atomic mass is 10.1. The second-order valence-corrected chi connectivity index (χ2v) is 10.8. The van der Waals surface area contributed by atoms with Crippen LogP contribution in [0.2, 0.25) is 5.02 Å². The standard InChI is InChI=1S/C28H26ClN3O3S/c1-30-16-7-17-35-25-14-6-13-24-27(25)32(19-20-8-4-11-22(29)18-20)31-28(24)36(33,34)26-15-5-10-21-9-2-3-12-23(21)26/h2-6,8-15,18,30H,7,16-17,19H2,1H3.